The third-order valence-corrected chi connectivity index (χ3v) is 5.76. The lowest BCUT2D eigenvalue weighted by atomic mass is 10.1. The van der Waals surface area contributed by atoms with Crippen LogP contribution in [-0.4, -0.2) is 52.0 Å². The quantitative estimate of drug-likeness (QED) is 0.416. The van der Waals surface area contributed by atoms with Gasteiger partial charge in [0.25, 0.3) is 0 Å². The van der Waals surface area contributed by atoms with Crippen molar-refractivity contribution in [2.45, 2.75) is 44.8 Å². The van der Waals surface area contributed by atoms with Crippen molar-refractivity contribution in [2.75, 3.05) is 11.1 Å². The Morgan fingerprint density at radius 1 is 1.15 bits per heavy atom. The van der Waals surface area contributed by atoms with Gasteiger partial charge in [-0.05, 0) is 25.7 Å². The van der Waals surface area contributed by atoms with Crippen LogP contribution in [0.2, 0.25) is 0 Å². The number of hydrogen-bond donors (Lipinski definition) is 3. The van der Waals surface area contributed by atoms with Crippen LogP contribution in [0.1, 0.15) is 37.6 Å². The molecule has 4 aromatic rings. The van der Waals surface area contributed by atoms with Gasteiger partial charge in [-0.1, -0.05) is 6.92 Å². The van der Waals surface area contributed by atoms with E-state index in [1.54, 1.807) is 23.3 Å². The van der Waals surface area contributed by atoms with E-state index in [1.807, 2.05) is 13.0 Å². The third kappa shape index (κ3) is 3.92. The van der Waals surface area contributed by atoms with Crippen LogP contribution in [0.3, 0.4) is 0 Å². The lowest BCUT2D eigenvalue weighted by molar-refractivity contribution is 0.182. The van der Waals surface area contributed by atoms with Gasteiger partial charge in [0, 0.05) is 29.6 Å². The van der Waals surface area contributed by atoms with Crippen LogP contribution in [0.5, 0.6) is 0 Å². The number of aliphatic hydroxyl groups excluding tert-OH is 1. The van der Waals surface area contributed by atoms with E-state index in [2.05, 4.69) is 25.4 Å². The van der Waals surface area contributed by atoms with Crippen LogP contribution in [0, 0.1) is 11.3 Å². The second-order valence-corrected chi connectivity index (χ2v) is 7.98. The minimum Gasteiger partial charge on any atom is -0.393 e. The number of fused-ring (bicyclic) bond motifs is 1. The molecule has 4 aromatic heterocycles. The summed E-state index contributed by atoms with van der Waals surface area (Å²) in [6.45, 7) is 2.01. The first-order valence-electron chi connectivity index (χ1n) is 10.7. The predicted octanol–water partition coefficient (Wildman–Crippen LogP) is 2.01. The molecular formula is C22H22N10O. The summed E-state index contributed by atoms with van der Waals surface area (Å²) in [4.78, 5) is 22.3. The number of hydrogen-bond acceptors (Lipinski definition) is 10. The molecule has 0 unspecified atom stereocenters. The SMILES string of the molecule is CCc1nc2c(N)ncc(-c3cnn(-c4cnc(C#N)cn4)c3)c2nc1N[C@@H]1CC[C@H](O)C1. The van der Waals surface area contributed by atoms with Crippen LogP contribution in [0.25, 0.3) is 28.0 Å². The highest BCUT2D eigenvalue weighted by Crippen LogP contribution is 2.31. The van der Waals surface area contributed by atoms with E-state index in [-0.39, 0.29) is 17.8 Å². The van der Waals surface area contributed by atoms with E-state index in [9.17, 15) is 5.11 Å². The number of pyridine rings is 1. The minimum absolute atomic E-state index is 0.150. The van der Waals surface area contributed by atoms with Gasteiger partial charge in [0.2, 0.25) is 0 Å². The van der Waals surface area contributed by atoms with Crippen molar-refractivity contribution in [3.8, 4) is 23.0 Å². The number of nitrogens with zero attached hydrogens (tertiary/aromatic N) is 8. The first-order valence-corrected chi connectivity index (χ1v) is 10.7. The predicted molar refractivity (Wildman–Crippen MR) is 121 cm³/mol. The molecule has 0 aliphatic heterocycles. The summed E-state index contributed by atoms with van der Waals surface area (Å²) in [6, 6.07) is 2.10. The Labute approximate surface area is 189 Å². The van der Waals surface area contributed by atoms with Crippen molar-refractivity contribution in [2.24, 2.45) is 0 Å². The molecule has 0 spiro atoms. The normalized spacial score (nSPS) is 17.8. The molecule has 4 heterocycles. The van der Waals surface area contributed by atoms with Gasteiger partial charge in [-0.25, -0.2) is 29.6 Å². The van der Waals surface area contributed by atoms with Crippen molar-refractivity contribution < 1.29 is 5.11 Å². The maximum atomic E-state index is 9.90. The molecule has 11 nitrogen and oxygen atoms in total. The van der Waals surface area contributed by atoms with Crippen molar-refractivity contribution in [3.63, 3.8) is 0 Å². The Balaban J connectivity index is 1.57. The van der Waals surface area contributed by atoms with Crippen molar-refractivity contribution in [1.29, 1.82) is 5.26 Å². The molecule has 0 amide bonds. The molecule has 1 saturated carbocycles. The van der Waals surface area contributed by atoms with E-state index < -0.39 is 0 Å². The molecule has 33 heavy (non-hydrogen) atoms. The van der Waals surface area contributed by atoms with Gasteiger partial charge in [-0.3, -0.25) is 0 Å². The number of nitriles is 1. The summed E-state index contributed by atoms with van der Waals surface area (Å²) in [5, 5.41) is 26.6. The molecule has 0 saturated heterocycles. The number of rotatable bonds is 5. The summed E-state index contributed by atoms with van der Waals surface area (Å²) in [5.74, 6) is 1.49. The molecule has 166 valence electrons. The van der Waals surface area contributed by atoms with Crippen LogP contribution < -0.4 is 11.1 Å². The number of anilines is 2. The van der Waals surface area contributed by atoms with E-state index >= 15 is 0 Å². The molecule has 0 aromatic carbocycles. The summed E-state index contributed by atoms with van der Waals surface area (Å²) in [7, 11) is 0. The zero-order chi connectivity index (χ0) is 22.9. The molecule has 11 heteroatoms. The van der Waals surface area contributed by atoms with Crippen LogP contribution in [-0.2, 0) is 6.42 Å². The highest BCUT2D eigenvalue weighted by Gasteiger charge is 2.24. The number of nitrogen functional groups attached to an aromatic ring is 1. The molecule has 1 fully saturated rings. The fourth-order valence-electron chi connectivity index (χ4n) is 4.03. The number of aromatic nitrogens is 7. The lowest BCUT2D eigenvalue weighted by Gasteiger charge is -2.17. The van der Waals surface area contributed by atoms with Gasteiger partial charge in [-0.2, -0.15) is 10.4 Å². The Morgan fingerprint density at radius 3 is 2.73 bits per heavy atom. The van der Waals surface area contributed by atoms with Crippen molar-refractivity contribution >= 4 is 22.7 Å². The number of aliphatic hydroxyl groups is 1. The first-order chi connectivity index (χ1) is 16.1. The van der Waals surface area contributed by atoms with Crippen molar-refractivity contribution in [1.82, 2.24) is 34.7 Å². The maximum absolute atomic E-state index is 9.90. The standard InChI is InChI=1S/C22H22N10O/c1-2-17-22(29-13-3-4-15(33)5-13)31-19-16(9-27-21(24)20(19)30-17)12-7-28-32(11-12)18-10-25-14(6-23)8-26-18/h7-11,13,15,33H,2-5H2,1H3,(H2,24,27)(H,29,31)/t13-,15+/m1/s1. The van der Waals surface area contributed by atoms with Gasteiger partial charge >= 0.3 is 0 Å². The van der Waals surface area contributed by atoms with Crippen molar-refractivity contribution in [3.05, 3.63) is 42.4 Å². The average Bonchev–Trinajstić information content (AvgIpc) is 3.48. The molecular weight excluding hydrogens is 420 g/mol. The van der Waals surface area contributed by atoms with Gasteiger partial charge in [-0.15, -0.1) is 0 Å². The minimum atomic E-state index is -0.285. The molecule has 1 aliphatic rings. The zero-order valence-electron chi connectivity index (χ0n) is 18.0. The molecule has 2 atom stereocenters. The number of aryl methyl sites for hydroxylation is 1. The molecule has 0 radical (unpaired) electrons. The fourth-order valence-corrected chi connectivity index (χ4v) is 4.03. The van der Waals surface area contributed by atoms with Gasteiger partial charge in [0.15, 0.2) is 17.3 Å². The smallest absolute Gasteiger partial charge is 0.171 e. The van der Waals surface area contributed by atoms with E-state index in [1.165, 1.54) is 12.4 Å². The highest BCUT2D eigenvalue weighted by atomic mass is 16.3. The second kappa shape index (κ2) is 8.40. The van der Waals surface area contributed by atoms with Crippen LogP contribution in [0.4, 0.5) is 11.6 Å². The fraction of sp³-hybridized carbons (Fsp3) is 0.318. The molecule has 1 aliphatic carbocycles. The van der Waals surface area contributed by atoms with Gasteiger partial charge < -0.3 is 16.2 Å². The Morgan fingerprint density at radius 2 is 2.03 bits per heavy atom. The monoisotopic (exact) mass is 442 g/mol. The summed E-state index contributed by atoms with van der Waals surface area (Å²) in [6.07, 6.45) is 10.8. The third-order valence-electron chi connectivity index (χ3n) is 5.76. The zero-order valence-corrected chi connectivity index (χ0v) is 18.0. The topological polar surface area (TPSA) is 164 Å². The maximum Gasteiger partial charge on any atom is 0.171 e. The van der Waals surface area contributed by atoms with Crippen LogP contribution in [0.15, 0.2) is 31.0 Å². The first kappa shape index (κ1) is 20.7. The average molecular weight is 442 g/mol. The second-order valence-electron chi connectivity index (χ2n) is 7.98. The summed E-state index contributed by atoms with van der Waals surface area (Å²) < 4.78 is 1.57. The van der Waals surface area contributed by atoms with E-state index in [4.69, 9.17) is 21.0 Å². The largest absolute Gasteiger partial charge is 0.393 e. The highest BCUT2D eigenvalue weighted by molar-refractivity contribution is 5.96. The summed E-state index contributed by atoms with van der Waals surface area (Å²) in [5.41, 5.74) is 9.83. The number of nitrogens with two attached hydrogens (primary N) is 1. The van der Waals surface area contributed by atoms with Gasteiger partial charge in [0.1, 0.15) is 22.9 Å². The Bertz CT molecular complexity index is 1360. The Kier molecular flexibility index (Phi) is 5.27. The number of nitrogens with one attached hydrogen (secondary N) is 1. The van der Waals surface area contributed by atoms with Gasteiger partial charge in [0.05, 0.1) is 30.4 Å². The van der Waals surface area contributed by atoms with Crippen LogP contribution >= 0.6 is 0 Å². The lowest BCUT2D eigenvalue weighted by Crippen LogP contribution is -2.19. The van der Waals surface area contributed by atoms with E-state index in [0.717, 1.165) is 29.7 Å². The molecule has 4 N–H and O–H groups in total. The van der Waals surface area contributed by atoms with E-state index in [0.29, 0.717) is 41.3 Å². The molecule has 5 rings (SSSR count). The summed E-state index contributed by atoms with van der Waals surface area (Å²) >= 11 is 0. The Hall–Kier alpha value is -4.17. The molecule has 0 bridgehead atoms.